The summed E-state index contributed by atoms with van der Waals surface area (Å²) in [6.45, 7) is 2.66. The van der Waals surface area contributed by atoms with E-state index in [0.29, 0.717) is 6.54 Å². The number of rotatable bonds is 4. The monoisotopic (exact) mass is 279 g/mol. The zero-order valence-electron chi connectivity index (χ0n) is 12.1. The molecule has 1 aromatic carbocycles. The Bertz CT molecular complexity index is 754. The third kappa shape index (κ3) is 3.01. The van der Waals surface area contributed by atoms with E-state index in [1.807, 2.05) is 56.4 Å². The van der Waals surface area contributed by atoms with Crippen molar-refractivity contribution < 1.29 is 4.74 Å². The maximum atomic E-state index is 6.00. The number of ether oxygens (including phenoxy) is 1. The topological polar surface area (TPSA) is 47.0 Å². The van der Waals surface area contributed by atoms with Crippen molar-refractivity contribution in [2.24, 2.45) is 0 Å². The fourth-order valence-corrected chi connectivity index (χ4v) is 2.19. The van der Waals surface area contributed by atoms with Crippen LogP contribution in [0.15, 0.2) is 48.7 Å². The summed E-state index contributed by atoms with van der Waals surface area (Å²) in [5.41, 5.74) is 2.85. The maximum Gasteiger partial charge on any atom is 0.145 e. The Labute approximate surface area is 123 Å². The summed E-state index contributed by atoms with van der Waals surface area (Å²) < 4.78 is 6.00. The Morgan fingerprint density at radius 1 is 1.14 bits per heavy atom. The van der Waals surface area contributed by atoms with E-state index in [9.17, 15) is 0 Å². The molecule has 0 bridgehead atoms. The molecule has 1 N–H and O–H groups in total. The number of nitrogens with zero attached hydrogens (tertiary/aromatic N) is 2. The van der Waals surface area contributed by atoms with E-state index in [1.54, 1.807) is 6.20 Å². The van der Waals surface area contributed by atoms with E-state index in [4.69, 9.17) is 4.74 Å². The molecule has 0 saturated heterocycles. The number of hydrogen-bond donors (Lipinski definition) is 1. The van der Waals surface area contributed by atoms with E-state index < -0.39 is 0 Å². The quantitative estimate of drug-likeness (QED) is 0.794. The Kier molecular flexibility index (Phi) is 3.79. The predicted molar refractivity (Wildman–Crippen MR) is 83.6 cm³/mol. The van der Waals surface area contributed by atoms with Gasteiger partial charge in [-0.3, -0.25) is 9.97 Å². The van der Waals surface area contributed by atoms with Gasteiger partial charge in [0.05, 0.1) is 17.4 Å². The zero-order valence-corrected chi connectivity index (χ0v) is 12.1. The van der Waals surface area contributed by atoms with Gasteiger partial charge in [0.1, 0.15) is 11.5 Å². The van der Waals surface area contributed by atoms with Gasteiger partial charge in [-0.2, -0.15) is 0 Å². The first kappa shape index (κ1) is 13.5. The van der Waals surface area contributed by atoms with Crippen LogP contribution in [-0.2, 0) is 6.54 Å². The number of nitrogens with one attached hydrogen (secondary N) is 1. The van der Waals surface area contributed by atoms with Crippen LogP contribution in [0, 0.1) is 6.92 Å². The first-order valence-electron chi connectivity index (χ1n) is 6.90. The van der Waals surface area contributed by atoms with Gasteiger partial charge in [-0.15, -0.1) is 0 Å². The molecule has 3 aromatic rings. The molecular weight excluding hydrogens is 262 g/mol. The number of para-hydroxylation sites is 1. The lowest BCUT2D eigenvalue weighted by atomic mass is 10.2. The van der Waals surface area contributed by atoms with Gasteiger partial charge in [0.25, 0.3) is 0 Å². The first-order valence-corrected chi connectivity index (χ1v) is 6.90. The lowest BCUT2D eigenvalue weighted by Gasteiger charge is -2.11. The first-order chi connectivity index (χ1) is 10.3. The largest absolute Gasteiger partial charge is 0.455 e. The molecule has 0 saturated carbocycles. The second-order valence-electron chi connectivity index (χ2n) is 4.90. The van der Waals surface area contributed by atoms with Crippen LogP contribution in [0.5, 0.6) is 11.5 Å². The van der Waals surface area contributed by atoms with Gasteiger partial charge in [0, 0.05) is 23.7 Å². The number of hydrogen-bond acceptors (Lipinski definition) is 4. The molecule has 0 aliphatic rings. The van der Waals surface area contributed by atoms with E-state index in [-0.39, 0.29) is 0 Å². The summed E-state index contributed by atoms with van der Waals surface area (Å²) >= 11 is 0. The molecular formula is C17H17N3O. The van der Waals surface area contributed by atoms with Crippen molar-refractivity contribution in [2.75, 3.05) is 7.05 Å². The van der Waals surface area contributed by atoms with Crippen LogP contribution < -0.4 is 10.1 Å². The third-order valence-corrected chi connectivity index (χ3v) is 3.20. The summed E-state index contributed by atoms with van der Waals surface area (Å²) in [6, 6.07) is 13.8. The van der Waals surface area contributed by atoms with E-state index in [0.717, 1.165) is 33.8 Å². The molecule has 106 valence electrons. The van der Waals surface area contributed by atoms with Crippen LogP contribution in [0.2, 0.25) is 0 Å². The van der Waals surface area contributed by atoms with Crippen molar-refractivity contribution in [1.82, 2.24) is 15.3 Å². The molecule has 4 heteroatoms. The minimum atomic E-state index is 0.702. The Morgan fingerprint density at radius 3 is 2.76 bits per heavy atom. The van der Waals surface area contributed by atoms with E-state index in [2.05, 4.69) is 15.3 Å². The highest BCUT2D eigenvalue weighted by atomic mass is 16.5. The van der Waals surface area contributed by atoms with Crippen LogP contribution in [0.4, 0.5) is 0 Å². The summed E-state index contributed by atoms with van der Waals surface area (Å²) in [7, 11) is 1.90. The molecule has 0 spiro atoms. The van der Waals surface area contributed by atoms with Gasteiger partial charge in [0.15, 0.2) is 0 Å². The van der Waals surface area contributed by atoms with Crippen molar-refractivity contribution >= 4 is 10.9 Å². The lowest BCUT2D eigenvalue weighted by molar-refractivity contribution is 0.484. The molecule has 0 unspecified atom stereocenters. The van der Waals surface area contributed by atoms with Crippen molar-refractivity contribution in [2.45, 2.75) is 13.5 Å². The van der Waals surface area contributed by atoms with Crippen LogP contribution in [0.3, 0.4) is 0 Å². The van der Waals surface area contributed by atoms with Gasteiger partial charge >= 0.3 is 0 Å². The molecule has 0 atom stereocenters. The fraction of sp³-hybridized carbons (Fsp3) is 0.176. The van der Waals surface area contributed by atoms with E-state index >= 15 is 0 Å². The van der Waals surface area contributed by atoms with E-state index in [1.165, 1.54) is 0 Å². The van der Waals surface area contributed by atoms with Crippen molar-refractivity contribution in [3.05, 3.63) is 60.0 Å². The average Bonchev–Trinajstić information content (AvgIpc) is 2.50. The van der Waals surface area contributed by atoms with Crippen LogP contribution in [-0.4, -0.2) is 17.0 Å². The molecule has 0 aliphatic heterocycles. The Hall–Kier alpha value is -2.46. The Balaban J connectivity index is 2.04. The summed E-state index contributed by atoms with van der Waals surface area (Å²) in [5.74, 6) is 1.53. The van der Waals surface area contributed by atoms with Gasteiger partial charge in [-0.05, 0) is 38.2 Å². The second-order valence-corrected chi connectivity index (χ2v) is 4.90. The van der Waals surface area contributed by atoms with Crippen LogP contribution in [0.25, 0.3) is 10.9 Å². The van der Waals surface area contributed by atoms with Crippen molar-refractivity contribution in [3.8, 4) is 11.5 Å². The lowest BCUT2D eigenvalue weighted by Crippen LogP contribution is -2.07. The Morgan fingerprint density at radius 2 is 2.00 bits per heavy atom. The molecule has 2 heterocycles. The number of benzene rings is 1. The normalized spacial score (nSPS) is 10.8. The number of fused-ring (bicyclic) bond motifs is 1. The third-order valence-electron chi connectivity index (χ3n) is 3.20. The summed E-state index contributed by atoms with van der Waals surface area (Å²) in [6.07, 6.45) is 1.74. The zero-order chi connectivity index (χ0) is 14.7. The molecule has 0 radical (unpaired) electrons. The molecule has 0 amide bonds. The van der Waals surface area contributed by atoms with Crippen molar-refractivity contribution in [3.63, 3.8) is 0 Å². The number of aryl methyl sites for hydroxylation is 1. The highest BCUT2D eigenvalue weighted by molar-refractivity contribution is 5.85. The van der Waals surface area contributed by atoms with Gasteiger partial charge < -0.3 is 10.1 Å². The van der Waals surface area contributed by atoms with Gasteiger partial charge in [-0.25, -0.2) is 0 Å². The minimum absolute atomic E-state index is 0.702. The minimum Gasteiger partial charge on any atom is -0.455 e. The van der Waals surface area contributed by atoms with Gasteiger partial charge in [-0.1, -0.05) is 12.1 Å². The highest BCUT2D eigenvalue weighted by Crippen LogP contribution is 2.29. The van der Waals surface area contributed by atoms with Crippen molar-refractivity contribution in [1.29, 1.82) is 0 Å². The highest BCUT2D eigenvalue weighted by Gasteiger charge is 2.07. The molecule has 2 aromatic heterocycles. The number of pyridine rings is 2. The smallest absolute Gasteiger partial charge is 0.145 e. The molecule has 0 fully saturated rings. The van der Waals surface area contributed by atoms with Crippen LogP contribution >= 0.6 is 0 Å². The predicted octanol–water partition coefficient (Wildman–Crippen LogP) is 3.45. The molecule has 21 heavy (non-hydrogen) atoms. The average molecular weight is 279 g/mol. The van der Waals surface area contributed by atoms with Gasteiger partial charge in [0.2, 0.25) is 0 Å². The summed E-state index contributed by atoms with van der Waals surface area (Å²) in [4.78, 5) is 8.88. The maximum absolute atomic E-state index is 6.00. The fourth-order valence-electron chi connectivity index (χ4n) is 2.19. The molecule has 0 aliphatic carbocycles. The summed E-state index contributed by atoms with van der Waals surface area (Å²) in [5, 5.41) is 4.11. The second kappa shape index (κ2) is 5.89. The molecule has 4 nitrogen and oxygen atoms in total. The SMILES string of the molecule is CNCc1cc(Oc2ccc(C)nc2)c2ccccc2n1. The molecule has 3 rings (SSSR count). The number of aromatic nitrogens is 2. The van der Waals surface area contributed by atoms with Crippen LogP contribution in [0.1, 0.15) is 11.4 Å². The standard InChI is InChI=1S/C17H17N3O/c1-12-7-8-14(11-19-12)21-17-9-13(10-18-2)20-16-6-4-3-5-15(16)17/h3-9,11,18H,10H2,1-2H3.